The van der Waals surface area contributed by atoms with Gasteiger partial charge in [0.25, 0.3) is 0 Å². The van der Waals surface area contributed by atoms with Gasteiger partial charge in [-0.3, -0.25) is 4.79 Å². The number of ketones is 1. The Labute approximate surface area is 172 Å². The normalized spacial score (nSPS) is 20.2. The van der Waals surface area contributed by atoms with Crippen LogP contribution < -0.4 is 4.74 Å². The summed E-state index contributed by atoms with van der Waals surface area (Å²) in [5.41, 5.74) is 3.63. The first-order chi connectivity index (χ1) is 12.5. The van der Waals surface area contributed by atoms with E-state index >= 15 is 0 Å². The molecule has 0 aromatic heterocycles. The van der Waals surface area contributed by atoms with Crippen LogP contribution in [0.5, 0.6) is 5.75 Å². The average Bonchev–Trinajstić information content (AvgIpc) is 2.63. The molecule has 1 aliphatic rings. The zero-order chi connectivity index (χ0) is 18.7. The predicted molar refractivity (Wildman–Crippen MR) is 113 cm³/mol. The molecule has 0 heterocycles. The van der Waals surface area contributed by atoms with Gasteiger partial charge in [-0.2, -0.15) is 0 Å². The fourth-order valence-corrected chi connectivity index (χ4v) is 4.68. The van der Waals surface area contributed by atoms with E-state index in [-0.39, 0.29) is 11.8 Å². The molecule has 26 heavy (non-hydrogen) atoms. The van der Waals surface area contributed by atoms with Crippen molar-refractivity contribution >= 4 is 37.6 Å². The number of carbonyl (C=O) groups is 1. The molecule has 0 amide bonds. The van der Waals surface area contributed by atoms with Crippen molar-refractivity contribution in [2.75, 3.05) is 7.11 Å². The minimum atomic E-state index is 0.0979. The maximum Gasteiger partial charge on any atom is 0.139 e. The van der Waals surface area contributed by atoms with Gasteiger partial charge in [0, 0.05) is 20.8 Å². The monoisotopic (exact) mass is 478 g/mol. The molecule has 2 aromatic carbocycles. The van der Waals surface area contributed by atoms with E-state index in [0.717, 1.165) is 52.4 Å². The minimum Gasteiger partial charge on any atom is -0.497 e. The molecule has 0 spiro atoms. The van der Waals surface area contributed by atoms with Crippen LogP contribution in [0.1, 0.15) is 36.0 Å². The Balaban J connectivity index is 1.74. The molecule has 3 rings (SSSR count). The van der Waals surface area contributed by atoms with Crippen molar-refractivity contribution in [1.82, 2.24) is 0 Å². The second-order valence-corrected chi connectivity index (χ2v) is 8.90. The summed E-state index contributed by atoms with van der Waals surface area (Å²) < 4.78 is 7.50. The highest BCUT2D eigenvalue weighted by atomic mass is 79.9. The third-order valence-corrected chi connectivity index (χ3v) is 6.84. The van der Waals surface area contributed by atoms with Crippen LogP contribution in [-0.4, -0.2) is 12.9 Å². The van der Waals surface area contributed by atoms with Crippen molar-refractivity contribution in [2.24, 2.45) is 11.8 Å². The van der Waals surface area contributed by atoms with Crippen molar-refractivity contribution in [3.63, 3.8) is 0 Å². The second-order valence-electron chi connectivity index (χ2n) is 7.19. The molecule has 0 bridgehead atoms. The number of ether oxygens (including phenoxy) is 1. The Kier molecular flexibility index (Phi) is 6.57. The summed E-state index contributed by atoms with van der Waals surface area (Å²) in [5.74, 6) is 1.48. The Morgan fingerprint density at radius 3 is 2.15 bits per heavy atom. The second kappa shape index (κ2) is 8.71. The smallest absolute Gasteiger partial charge is 0.139 e. The quantitative estimate of drug-likeness (QED) is 0.502. The molecule has 0 radical (unpaired) electrons. The number of hydrogen-bond acceptors (Lipinski definition) is 2. The summed E-state index contributed by atoms with van der Waals surface area (Å²) in [4.78, 5) is 13.1. The van der Waals surface area contributed by atoms with Gasteiger partial charge in [0.1, 0.15) is 11.5 Å². The fraction of sp³-hybridized carbons (Fsp3) is 0.409. The van der Waals surface area contributed by atoms with E-state index in [1.165, 1.54) is 11.1 Å². The van der Waals surface area contributed by atoms with E-state index in [1.807, 2.05) is 18.2 Å². The Morgan fingerprint density at radius 1 is 0.962 bits per heavy atom. The van der Waals surface area contributed by atoms with E-state index in [0.29, 0.717) is 5.78 Å². The molecule has 2 aromatic rings. The summed E-state index contributed by atoms with van der Waals surface area (Å²) >= 11 is 7.26. The molecule has 2 nitrogen and oxygen atoms in total. The number of Topliss-reactive ketones (excluding diaryl/α,β-unsaturated/α-hetero) is 1. The topological polar surface area (TPSA) is 26.3 Å². The number of halogens is 2. The van der Waals surface area contributed by atoms with Crippen LogP contribution in [-0.2, 0) is 17.6 Å². The summed E-state index contributed by atoms with van der Waals surface area (Å²) in [6.07, 6.45) is 4.70. The maximum absolute atomic E-state index is 13.1. The number of benzene rings is 2. The third-order valence-electron chi connectivity index (χ3n) is 5.30. The van der Waals surface area contributed by atoms with Crippen LogP contribution in [0.4, 0.5) is 0 Å². The molecule has 1 saturated carbocycles. The van der Waals surface area contributed by atoms with E-state index < -0.39 is 0 Å². The van der Waals surface area contributed by atoms with E-state index in [9.17, 15) is 4.79 Å². The van der Waals surface area contributed by atoms with Gasteiger partial charge < -0.3 is 4.74 Å². The van der Waals surface area contributed by atoms with Crippen molar-refractivity contribution in [3.8, 4) is 5.75 Å². The van der Waals surface area contributed by atoms with Gasteiger partial charge in [-0.15, -0.1) is 0 Å². The van der Waals surface area contributed by atoms with Gasteiger partial charge >= 0.3 is 0 Å². The highest BCUT2D eigenvalue weighted by molar-refractivity contribution is 9.10. The van der Waals surface area contributed by atoms with Crippen LogP contribution in [0.3, 0.4) is 0 Å². The largest absolute Gasteiger partial charge is 0.497 e. The van der Waals surface area contributed by atoms with Gasteiger partial charge in [-0.1, -0.05) is 56.0 Å². The van der Waals surface area contributed by atoms with Gasteiger partial charge in [-0.25, -0.2) is 0 Å². The maximum atomic E-state index is 13.1. The Bertz CT molecular complexity index is 801. The zero-order valence-electron chi connectivity index (χ0n) is 15.2. The predicted octanol–water partition coefficient (Wildman–Crippen LogP) is 6.30. The first-order valence-electron chi connectivity index (χ1n) is 9.09. The molecule has 138 valence electrons. The van der Waals surface area contributed by atoms with Gasteiger partial charge in [-0.05, 0) is 68.0 Å². The lowest BCUT2D eigenvalue weighted by Gasteiger charge is -2.28. The molecule has 2 atom stereocenters. The first kappa shape index (κ1) is 19.6. The number of carbonyl (C=O) groups excluding carboxylic acids is 1. The SMILES string of the molecule is COc1ccc(Br)c(C[C@H]2CCC[C@@H](Cc3cc(C)ccc3Br)C2=O)c1. The van der Waals surface area contributed by atoms with Gasteiger partial charge in [0.05, 0.1) is 7.11 Å². The summed E-state index contributed by atoms with van der Waals surface area (Å²) in [7, 11) is 1.68. The average molecular weight is 480 g/mol. The lowest BCUT2D eigenvalue weighted by atomic mass is 9.75. The van der Waals surface area contributed by atoms with E-state index in [1.54, 1.807) is 7.11 Å². The summed E-state index contributed by atoms with van der Waals surface area (Å²) in [5, 5.41) is 0. The fourth-order valence-electron chi connectivity index (χ4n) is 3.86. The minimum absolute atomic E-state index is 0.0979. The molecule has 0 unspecified atom stereocenters. The van der Waals surface area contributed by atoms with Gasteiger partial charge in [0.2, 0.25) is 0 Å². The number of rotatable bonds is 5. The van der Waals surface area contributed by atoms with Crippen molar-refractivity contribution in [2.45, 2.75) is 39.0 Å². The Hall–Kier alpha value is -1.13. The lowest BCUT2D eigenvalue weighted by Crippen LogP contribution is -2.31. The van der Waals surface area contributed by atoms with Gasteiger partial charge in [0.15, 0.2) is 0 Å². The molecule has 0 aliphatic heterocycles. The van der Waals surface area contributed by atoms with Crippen LogP contribution >= 0.6 is 31.9 Å². The van der Waals surface area contributed by atoms with Crippen molar-refractivity contribution in [3.05, 3.63) is 62.0 Å². The van der Waals surface area contributed by atoms with Crippen molar-refractivity contribution < 1.29 is 9.53 Å². The van der Waals surface area contributed by atoms with E-state index in [2.05, 4.69) is 57.0 Å². The number of hydrogen-bond donors (Lipinski definition) is 0. The molecule has 0 N–H and O–H groups in total. The first-order valence-corrected chi connectivity index (χ1v) is 10.7. The summed E-state index contributed by atoms with van der Waals surface area (Å²) in [6, 6.07) is 12.4. The molecule has 0 saturated heterocycles. The molecular weight excluding hydrogens is 456 g/mol. The molecule has 1 fully saturated rings. The zero-order valence-corrected chi connectivity index (χ0v) is 18.4. The lowest BCUT2D eigenvalue weighted by molar-refractivity contribution is -0.129. The Morgan fingerprint density at radius 2 is 1.54 bits per heavy atom. The van der Waals surface area contributed by atoms with Crippen LogP contribution in [0.2, 0.25) is 0 Å². The van der Waals surface area contributed by atoms with Crippen LogP contribution in [0.15, 0.2) is 45.3 Å². The third kappa shape index (κ3) is 4.58. The molecular formula is C22H24Br2O2. The number of aryl methyl sites for hydroxylation is 1. The summed E-state index contributed by atoms with van der Waals surface area (Å²) in [6.45, 7) is 2.10. The van der Waals surface area contributed by atoms with Crippen molar-refractivity contribution in [1.29, 1.82) is 0 Å². The highest BCUT2D eigenvalue weighted by Gasteiger charge is 2.32. The molecule has 4 heteroatoms. The standard InChI is InChI=1S/C22H24Br2O2/c1-14-6-8-20(23)17(10-14)11-15-4-3-5-16(22(15)25)12-18-13-19(26-2)7-9-21(18)24/h6-10,13,15-16H,3-5,11-12H2,1-2H3/t15-,16+/m0/s1. The van der Waals surface area contributed by atoms with E-state index in [4.69, 9.17) is 4.74 Å². The van der Waals surface area contributed by atoms with Crippen LogP contribution in [0.25, 0.3) is 0 Å². The number of methoxy groups -OCH3 is 1. The van der Waals surface area contributed by atoms with Crippen LogP contribution in [0, 0.1) is 18.8 Å². The highest BCUT2D eigenvalue weighted by Crippen LogP contribution is 2.34. The molecule has 1 aliphatic carbocycles.